The van der Waals surface area contributed by atoms with Gasteiger partial charge in [-0.05, 0) is 48.2 Å². The Bertz CT molecular complexity index is 892. The maximum absolute atomic E-state index is 12.6. The zero-order valence-electron chi connectivity index (χ0n) is 16.1. The number of hydrogen-bond donors (Lipinski definition) is 2. The summed E-state index contributed by atoms with van der Waals surface area (Å²) < 4.78 is 0. The second-order valence-corrected chi connectivity index (χ2v) is 7.20. The van der Waals surface area contributed by atoms with Crippen molar-refractivity contribution in [3.63, 3.8) is 0 Å². The topological polar surface area (TPSA) is 92.5 Å². The third-order valence-electron chi connectivity index (χ3n) is 5.30. The van der Waals surface area contributed by atoms with E-state index in [9.17, 15) is 14.4 Å². The van der Waals surface area contributed by atoms with Gasteiger partial charge in [-0.15, -0.1) is 0 Å². The van der Waals surface area contributed by atoms with Crippen LogP contribution in [0.3, 0.4) is 0 Å². The highest BCUT2D eigenvalue weighted by molar-refractivity contribution is 6.04. The fourth-order valence-corrected chi connectivity index (χ4v) is 3.45. The van der Waals surface area contributed by atoms with E-state index in [2.05, 4.69) is 19.2 Å². The van der Waals surface area contributed by atoms with Crippen molar-refractivity contribution in [3.8, 4) is 0 Å². The van der Waals surface area contributed by atoms with Crippen LogP contribution < -0.4 is 16.0 Å². The number of anilines is 2. The van der Waals surface area contributed by atoms with E-state index in [1.165, 1.54) is 0 Å². The summed E-state index contributed by atoms with van der Waals surface area (Å²) in [5, 5.41) is 2.82. The number of carbonyl (C=O) groups excluding carboxylic acids is 3. The average molecular weight is 379 g/mol. The second kappa shape index (κ2) is 8.25. The lowest BCUT2D eigenvalue weighted by Gasteiger charge is -2.23. The van der Waals surface area contributed by atoms with Crippen molar-refractivity contribution in [3.05, 3.63) is 59.7 Å². The molecule has 2 aromatic rings. The zero-order chi connectivity index (χ0) is 20.3. The Morgan fingerprint density at radius 3 is 2.50 bits per heavy atom. The lowest BCUT2D eigenvalue weighted by Crippen LogP contribution is -2.29. The number of nitrogens with two attached hydrogens (primary N) is 1. The van der Waals surface area contributed by atoms with E-state index in [0.717, 1.165) is 17.7 Å². The molecule has 28 heavy (non-hydrogen) atoms. The summed E-state index contributed by atoms with van der Waals surface area (Å²) in [6.07, 6.45) is 1.16. The monoisotopic (exact) mass is 379 g/mol. The Labute approximate surface area is 164 Å². The third-order valence-corrected chi connectivity index (χ3v) is 5.30. The van der Waals surface area contributed by atoms with Gasteiger partial charge in [0.25, 0.3) is 0 Å². The molecule has 3 N–H and O–H groups in total. The summed E-state index contributed by atoms with van der Waals surface area (Å²) in [6.45, 7) is 4.61. The molecule has 6 nitrogen and oxygen atoms in total. The molecule has 0 spiro atoms. The van der Waals surface area contributed by atoms with Crippen LogP contribution in [-0.4, -0.2) is 24.3 Å². The van der Waals surface area contributed by atoms with Crippen LogP contribution in [0.5, 0.6) is 0 Å². The van der Waals surface area contributed by atoms with E-state index in [0.29, 0.717) is 23.7 Å². The van der Waals surface area contributed by atoms with Gasteiger partial charge in [0, 0.05) is 29.9 Å². The minimum Gasteiger partial charge on any atom is -0.366 e. The van der Waals surface area contributed by atoms with Crippen LogP contribution in [0.1, 0.15) is 48.5 Å². The van der Waals surface area contributed by atoms with Crippen molar-refractivity contribution in [2.75, 3.05) is 16.8 Å². The lowest BCUT2D eigenvalue weighted by molar-refractivity contribution is -0.122. The largest absolute Gasteiger partial charge is 0.366 e. The molecule has 0 aromatic heterocycles. The van der Waals surface area contributed by atoms with E-state index in [1.54, 1.807) is 29.2 Å². The molecule has 0 bridgehead atoms. The molecule has 1 saturated heterocycles. The molecule has 1 aliphatic rings. The quantitative estimate of drug-likeness (QED) is 0.807. The van der Waals surface area contributed by atoms with E-state index in [-0.39, 0.29) is 18.2 Å². The molecule has 1 fully saturated rings. The number of amides is 3. The van der Waals surface area contributed by atoms with E-state index < -0.39 is 11.8 Å². The first kappa shape index (κ1) is 19.6. The predicted octanol–water partition coefficient (Wildman–Crippen LogP) is 3.29. The number of nitrogens with zero attached hydrogens (tertiary/aromatic N) is 1. The van der Waals surface area contributed by atoms with Crippen molar-refractivity contribution in [2.24, 2.45) is 11.7 Å². The van der Waals surface area contributed by atoms with E-state index >= 15 is 0 Å². The van der Waals surface area contributed by atoms with Crippen LogP contribution in [0, 0.1) is 5.92 Å². The van der Waals surface area contributed by atoms with Gasteiger partial charge in [0.1, 0.15) is 0 Å². The smallest absolute Gasteiger partial charge is 0.248 e. The van der Waals surface area contributed by atoms with Gasteiger partial charge >= 0.3 is 0 Å². The predicted molar refractivity (Wildman–Crippen MR) is 109 cm³/mol. The second-order valence-electron chi connectivity index (χ2n) is 7.20. The number of nitrogens with one attached hydrogen (secondary N) is 1. The van der Waals surface area contributed by atoms with Crippen LogP contribution >= 0.6 is 0 Å². The molecule has 0 radical (unpaired) electrons. The Hall–Kier alpha value is -3.15. The molecule has 2 aromatic carbocycles. The summed E-state index contributed by atoms with van der Waals surface area (Å²) in [5.41, 5.74) is 8.19. The fraction of sp³-hybridized carbons (Fsp3) is 0.318. The molecule has 0 aliphatic carbocycles. The molecule has 1 heterocycles. The van der Waals surface area contributed by atoms with Crippen LogP contribution in [0.2, 0.25) is 0 Å². The van der Waals surface area contributed by atoms with Crippen molar-refractivity contribution in [2.45, 2.75) is 32.6 Å². The third kappa shape index (κ3) is 4.06. The fourth-order valence-electron chi connectivity index (χ4n) is 3.45. The number of carbonyl (C=O) groups is 3. The van der Waals surface area contributed by atoms with Crippen molar-refractivity contribution in [1.82, 2.24) is 0 Å². The highest BCUT2D eigenvalue weighted by Crippen LogP contribution is 2.33. The molecular formula is C22H25N3O3. The number of benzene rings is 2. The summed E-state index contributed by atoms with van der Waals surface area (Å²) >= 11 is 0. The summed E-state index contributed by atoms with van der Waals surface area (Å²) in [5.74, 6) is -0.854. The zero-order valence-corrected chi connectivity index (χ0v) is 16.1. The molecule has 3 amide bonds. The first-order chi connectivity index (χ1) is 13.4. The van der Waals surface area contributed by atoms with Gasteiger partial charge in [0.2, 0.25) is 17.7 Å². The van der Waals surface area contributed by atoms with Crippen LogP contribution in [0.15, 0.2) is 48.5 Å². The highest BCUT2D eigenvalue weighted by atomic mass is 16.2. The van der Waals surface area contributed by atoms with Crippen LogP contribution in [-0.2, 0) is 9.59 Å². The van der Waals surface area contributed by atoms with Crippen LogP contribution in [0.25, 0.3) is 0 Å². The van der Waals surface area contributed by atoms with Crippen molar-refractivity contribution in [1.29, 1.82) is 0 Å². The normalized spacial score (nSPS) is 17.4. The maximum Gasteiger partial charge on any atom is 0.248 e. The Morgan fingerprint density at radius 2 is 1.86 bits per heavy atom. The molecule has 6 heteroatoms. The van der Waals surface area contributed by atoms with Gasteiger partial charge in [0.15, 0.2) is 0 Å². The number of primary amides is 1. The Kier molecular flexibility index (Phi) is 5.78. The van der Waals surface area contributed by atoms with Crippen molar-refractivity contribution >= 4 is 29.1 Å². The molecule has 0 unspecified atom stereocenters. The first-order valence-corrected chi connectivity index (χ1v) is 9.50. The van der Waals surface area contributed by atoms with Gasteiger partial charge in [-0.25, -0.2) is 0 Å². The summed E-state index contributed by atoms with van der Waals surface area (Å²) in [6, 6.07) is 14.3. The van der Waals surface area contributed by atoms with Crippen LogP contribution in [0.4, 0.5) is 11.4 Å². The van der Waals surface area contributed by atoms with Gasteiger partial charge in [-0.2, -0.15) is 0 Å². The SMILES string of the molecule is CC[C@H](C)c1ccccc1N1C[C@@H](C(=O)Nc2ccc(C(N)=O)cc2)CC1=O. The minimum absolute atomic E-state index is 0.0417. The molecule has 2 atom stereocenters. The standard InChI is InChI=1S/C22H25N3O3/c1-3-14(2)18-6-4-5-7-19(18)25-13-16(12-20(25)26)22(28)24-17-10-8-15(9-11-17)21(23)27/h4-11,14,16H,3,12-13H2,1-2H3,(H2,23,27)(H,24,28)/t14-,16-/m0/s1. The van der Waals surface area contributed by atoms with Gasteiger partial charge < -0.3 is 16.0 Å². The molecule has 1 aliphatic heterocycles. The first-order valence-electron chi connectivity index (χ1n) is 9.50. The van der Waals surface area contributed by atoms with E-state index in [4.69, 9.17) is 5.73 Å². The summed E-state index contributed by atoms with van der Waals surface area (Å²) in [4.78, 5) is 38.1. The molecular weight excluding hydrogens is 354 g/mol. The van der Waals surface area contributed by atoms with Gasteiger partial charge in [-0.3, -0.25) is 14.4 Å². The average Bonchev–Trinajstić information content (AvgIpc) is 3.09. The maximum atomic E-state index is 12.6. The number of para-hydroxylation sites is 1. The van der Waals surface area contributed by atoms with E-state index in [1.807, 2.05) is 24.3 Å². The number of hydrogen-bond acceptors (Lipinski definition) is 3. The van der Waals surface area contributed by atoms with Crippen molar-refractivity contribution < 1.29 is 14.4 Å². The molecule has 146 valence electrons. The van der Waals surface area contributed by atoms with Gasteiger partial charge in [0.05, 0.1) is 5.92 Å². The number of rotatable bonds is 6. The Morgan fingerprint density at radius 1 is 1.18 bits per heavy atom. The molecule has 3 rings (SSSR count). The van der Waals surface area contributed by atoms with Gasteiger partial charge in [-0.1, -0.05) is 32.0 Å². The minimum atomic E-state index is -0.519. The molecule has 0 saturated carbocycles. The summed E-state index contributed by atoms with van der Waals surface area (Å²) in [7, 11) is 0. The highest BCUT2D eigenvalue weighted by Gasteiger charge is 2.36. The lowest BCUT2D eigenvalue weighted by atomic mass is 9.96. The Balaban J connectivity index is 1.72.